The van der Waals surface area contributed by atoms with E-state index < -0.39 is 29.3 Å². The number of pyridine rings is 1. The standard InChI is InChI=1S/C22H16F4N6O2/c1-27-20(33)14-9-17(30-19-15(14)10-28-32-19)11-3-2-4-13(7-11)29-21(34)31-18-8-12(22(24,25)26)5-6-16(18)23/h2-10H,1H3,(H,27,33)(H,28,30,32)(H2,29,31,34). The normalized spacial score (nSPS) is 11.3. The Morgan fingerprint density at radius 1 is 1.03 bits per heavy atom. The third-order valence-electron chi connectivity index (χ3n) is 4.85. The lowest BCUT2D eigenvalue weighted by Crippen LogP contribution is -2.20. The zero-order chi connectivity index (χ0) is 24.5. The summed E-state index contributed by atoms with van der Waals surface area (Å²) in [7, 11) is 1.49. The van der Waals surface area contributed by atoms with E-state index in [0.29, 0.717) is 46.1 Å². The molecule has 2 aromatic heterocycles. The molecule has 0 unspecified atom stereocenters. The number of H-pyrrole nitrogens is 1. The van der Waals surface area contributed by atoms with Gasteiger partial charge in [-0.3, -0.25) is 9.89 Å². The summed E-state index contributed by atoms with van der Waals surface area (Å²) in [5.74, 6) is -1.36. The molecule has 4 rings (SSSR count). The second kappa shape index (κ2) is 8.81. The van der Waals surface area contributed by atoms with Crippen molar-refractivity contribution < 1.29 is 27.2 Å². The Kier molecular flexibility index (Phi) is 5.88. The summed E-state index contributed by atoms with van der Waals surface area (Å²) in [6.45, 7) is 0. The summed E-state index contributed by atoms with van der Waals surface area (Å²) in [4.78, 5) is 29.0. The molecule has 0 aliphatic carbocycles. The summed E-state index contributed by atoms with van der Waals surface area (Å²) in [6.07, 6.45) is -3.21. The summed E-state index contributed by atoms with van der Waals surface area (Å²) >= 11 is 0. The number of carbonyl (C=O) groups excluding carboxylic acids is 2. The first-order valence-corrected chi connectivity index (χ1v) is 9.77. The molecule has 0 spiro atoms. The van der Waals surface area contributed by atoms with Gasteiger partial charge in [0, 0.05) is 18.3 Å². The van der Waals surface area contributed by atoms with Crippen molar-refractivity contribution in [2.75, 3.05) is 17.7 Å². The largest absolute Gasteiger partial charge is 0.416 e. The van der Waals surface area contributed by atoms with Gasteiger partial charge in [0.25, 0.3) is 5.91 Å². The molecule has 0 saturated carbocycles. The summed E-state index contributed by atoms with van der Waals surface area (Å²) < 4.78 is 52.6. The average molecular weight is 472 g/mol. The van der Waals surface area contributed by atoms with E-state index in [2.05, 4.69) is 31.1 Å². The number of nitrogens with zero attached hydrogens (tertiary/aromatic N) is 2. The van der Waals surface area contributed by atoms with Crippen molar-refractivity contribution >= 4 is 34.3 Å². The van der Waals surface area contributed by atoms with Crippen LogP contribution >= 0.6 is 0 Å². The van der Waals surface area contributed by atoms with Gasteiger partial charge < -0.3 is 16.0 Å². The van der Waals surface area contributed by atoms with E-state index in [-0.39, 0.29) is 11.6 Å². The Balaban J connectivity index is 1.58. The Labute approximate surface area is 189 Å². The fourth-order valence-electron chi connectivity index (χ4n) is 3.24. The molecule has 2 aromatic carbocycles. The lowest BCUT2D eigenvalue weighted by atomic mass is 10.1. The first kappa shape index (κ1) is 22.7. The first-order chi connectivity index (χ1) is 16.2. The maximum absolute atomic E-state index is 13.9. The minimum absolute atomic E-state index is 0.260. The van der Waals surface area contributed by atoms with E-state index in [1.807, 2.05) is 0 Å². The number of carbonyl (C=O) groups is 2. The molecule has 2 heterocycles. The molecule has 0 aliphatic rings. The van der Waals surface area contributed by atoms with Gasteiger partial charge in [-0.05, 0) is 36.4 Å². The molecular weight excluding hydrogens is 456 g/mol. The Morgan fingerprint density at radius 2 is 1.82 bits per heavy atom. The minimum atomic E-state index is -4.69. The molecule has 0 atom stereocenters. The lowest BCUT2D eigenvalue weighted by molar-refractivity contribution is -0.137. The van der Waals surface area contributed by atoms with Crippen LogP contribution in [0.4, 0.5) is 33.7 Å². The second-order valence-electron chi connectivity index (χ2n) is 7.12. The highest BCUT2D eigenvalue weighted by Gasteiger charge is 2.31. The predicted octanol–water partition coefficient (Wildman–Crippen LogP) is 4.79. The van der Waals surface area contributed by atoms with Crippen LogP contribution in [0.25, 0.3) is 22.3 Å². The number of hydrogen-bond acceptors (Lipinski definition) is 4. The number of urea groups is 1. The van der Waals surface area contributed by atoms with Gasteiger partial charge in [0.1, 0.15) is 5.82 Å². The van der Waals surface area contributed by atoms with Gasteiger partial charge in [-0.15, -0.1) is 0 Å². The molecular formula is C22H16F4N6O2. The highest BCUT2D eigenvalue weighted by molar-refractivity contribution is 6.06. The van der Waals surface area contributed by atoms with Crippen molar-refractivity contribution in [3.8, 4) is 11.3 Å². The number of amides is 3. The number of aromatic nitrogens is 3. The number of rotatable bonds is 4. The smallest absolute Gasteiger partial charge is 0.355 e. The van der Waals surface area contributed by atoms with Crippen LogP contribution in [-0.4, -0.2) is 34.2 Å². The number of fused-ring (bicyclic) bond motifs is 1. The second-order valence-corrected chi connectivity index (χ2v) is 7.12. The topological polar surface area (TPSA) is 112 Å². The summed E-state index contributed by atoms with van der Waals surface area (Å²) in [6, 6.07) is 8.70. The monoisotopic (exact) mass is 472 g/mol. The first-order valence-electron chi connectivity index (χ1n) is 9.77. The van der Waals surface area contributed by atoms with E-state index in [1.54, 1.807) is 24.3 Å². The fraction of sp³-hybridized carbons (Fsp3) is 0.0909. The minimum Gasteiger partial charge on any atom is -0.355 e. The van der Waals surface area contributed by atoms with Crippen LogP contribution in [-0.2, 0) is 6.18 Å². The molecule has 12 heteroatoms. The molecule has 34 heavy (non-hydrogen) atoms. The maximum atomic E-state index is 13.9. The third-order valence-corrected chi connectivity index (χ3v) is 4.85. The third kappa shape index (κ3) is 4.65. The van der Waals surface area contributed by atoms with E-state index in [9.17, 15) is 27.2 Å². The Bertz CT molecular complexity index is 1400. The number of halogens is 4. The number of benzene rings is 2. The number of alkyl halides is 3. The van der Waals surface area contributed by atoms with Gasteiger partial charge in [0.05, 0.1) is 34.1 Å². The van der Waals surface area contributed by atoms with E-state index in [0.717, 1.165) is 0 Å². The van der Waals surface area contributed by atoms with Crippen molar-refractivity contribution in [3.63, 3.8) is 0 Å². The highest BCUT2D eigenvalue weighted by Crippen LogP contribution is 2.32. The molecule has 0 saturated heterocycles. The Hall–Kier alpha value is -4.48. The van der Waals surface area contributed by atoms with Crippen molar-refractivity contribution in [1.82, 2.24) is 20.5 Å². The zero-order valence-electron chi connectivity index (χ0n) is 17.4. The van der Waals surface area contributed by atoms with Gasteiger partial charge in [-0.1, -0.05) is 12.1 Å². The van der Waals surface area contributed by atoms with Crippen LogP contribution in [0.2, 0.25) is 0 Å². The van der Waals surface area contributed by atoms with Gasteiger partial charge in [0.2, 0.25) is 0 Å². The number of hydrogen-bond donors (Lipinski definition) is 4. The highest BCUT2D eigenvalue weighted by atomic mass is 19.4. The molecule has 174 valence electrons. The molecule has 8 nitrogen and oxygen atoms in total. The van der Waals surface area contributed by atoms with Gasteiger partial charge in [0.15, 0.2) is 5.65 Å². The van der Waals surface area contributed by atoms with Crippen molar-refractivity contribution in [2.24, 2.45) is 0 Å². The Morgan fingerprint density at radius 3 is 2.56 bits per heavy atom. The van der Waals surface area contributed by atoms with Crippen molar-refractivity contribution in [3.05, 3.63) is 71.7 Å². The number of anilines is 2. The van der Waals surface area contributed by atoms with Crippen LogP contribution in [0.5, 0.6) is 0 Å². The average Bonchev–Trinajstić information content (AvgIpc) is 3.27. The quantitative estimate of drug-likeness (QED) is 0.320. The molecule has 0 aliphatic heterocycles. The number of nitrogens with one attached hydrogen (secondary N) is 4. The van der Waals surface area contributed by atoms with Crippen LogP contribution in [0.15, 0.2) is 54.7 Å². The number of aromatic amines is 1. The fourth-order valence-corrected chi connectivity index (χ4v) is 3.24. The van der Waals surface area contributed by atoms with Crippen molar-refractivity contribution in [2.45, 2.75) is 6.18 Å². The predicted molar refractivity (Wildman–Crippen MR) is 117 cm³/mol. The zero-order valence-corrected chi connectivity index (χ0v) is 17.4. The SMILES string of the molecule is CNC(=O)c1cc(-c2cccc(NC(=O)Nc3cc(C(F)(F)F)ccc3F)c2)nc2[nH]ncc12. The lowest BCUT2D eigenvalue weighted by Gasteiger charge is -2.12. The van der Waals surface area contributed by atoms with E-state index >= 15 is 0 Å². The van der Waals surface area contributed by atoms with Gasteiger partial charge >= 0.3 is 12.2 Å². The van der Waals surface area contributed by atoms with Crippen LogP contribution < -0.4 is 16.0 Å². The van der Waals surface area contributed by atoms with Crippen molar-refractivity contribution in [1.29, 1.82) is 0 Å². The van der Waals surface area contributed by atoms with Gasteiger partial charge in [-0.2, -0.15) is 18.3 Å². The molecule has 3 amide bonds. The van der Waals surface area contributed by atoms with Gasteiger partial charge in [-0.25, -0.2) is 14.2 Å². The van der Waals surface area contributed by atoms with Crippen LogP contribution in [0.1, 0.15) is 15.9 Å². The molecule has 0 radical (unpaired) electrons. The summed E-state index contributed by atoms with van der Waals surface area (Å²) in [5.41, 5.74) is 0.200. The molecule has 0 bridgehead atoms. The van der Waals surface area contributed by atoms with Crippen LogP contribution in [0.3, 0.4) is 0 Å². The molecule has 0 fully saturated rings. The van der Waals surface area contributed by atoms with Crippen LogP contribution in [0, 0.1) is 5.82 Å². The maximum Gasteiger partial charge on any atom is 0.416 e. The molecule has 4 aromatic rings. The van der Waals surface area contributed by atoms with E-state index in [4.69, 9.17) is 0 Å². The molecule has 4 N–H and O–H groups in total. The van der Waals surface area contributed by atoms with E-state index in [1.165, 1.54) is 19.3 Å². The summed E-state index contributed by atoms with van der Waals surface area (Å²) in [5, 5.41) is 14.2.